The maximum atomic E-state index is 11.9. The van der Waals surface area contributed by atoms with E-state index < -0.39 is 5.60 Å². The molecule has 0 aromatic heterocycles. The number of nitrogens with one attached hydrogen (secondary N) is 1. The lowest BCUT2D eigenvalue weighted by Gasteiger charge is -2.29. The van der Waals surface area contributed by atoms with Crippen molar-refractivity contribution in [1.82, 2.24) is 5.32 Å². The molecular formula is C14H18INO3. The minimum Gasteiger partial charge on any atom is -0.493 e. The van der Waals surface area contributed by atoms with Crippen LogP contribution in [0.1, 0.15) is 38.8 Å². The van der Waals surface area contributed by atoms with Crippen LogP contribution in [0.15, 0.2) is 18.2 Å². The number of hydrogen-bond acceptors (Lipinski definition) is 3. The van der Waals surface area contributed by atoms with Gasteiger partial charge in [-0.2, -0.15) is 0 Å². The Hall–Kier alpha value is -0.980. The molecule has 0 bridgehead atoms. The number of carbonyl (C=O) groups is 1. The van der Waals surface area contributed by atoms with E-state index in [0.717, 1.165) is 21.3 Å². The fourth-order valence-electron chi connectivity index (χ4n) is 2.01. The number of ether oxygens (including phenoxy) is 2. The first-order chi connectivity index (χ1) is 8.87. The molecule has 0 spiro atoms. The first-order valence-electron chi connectivity index (χ1n) is 6.27. The Kier molecular flexibility index (Phi) is 4.23. The van der Waals surface area contributed by atoms with E-state index in [4.69, 9.17) is 9.47 Å². The van der Waals surface area contributed by atoms with E-state index in [1.54, 1.807) is 0 Å². The van der Waals surface area contributed by atoms with Crippen molar-refractivity contribution >= 4 is 28.7 Å². The predicted molar refractivity (Wildman–Crippen MR) is 81.4 cm³/mol. The number of halogens is 1. The van der Waals surface area contributed by atoms with E-state index in [9.17, 15) is 4.79 Å². The summed E-state index contributed by atoms with van der Waals surface area (Å²) in [7, 11) is 0. The second-order valence-electron chi connectivity index (χ2n) is 5.49. The number of hydrogen-bond donors (Lipinski definition) is 1. The largest absolute Gasteiger partial charge is 0.493 e. The summed E-state index contributed by atoms with van der Waals surface area (Å²) < 4.78 is 12.0. The molecule has 1 aliphatic heterocycles. The molecule has 0 saturated heterocycles. The van der Waals surface area contributed by atoms with Crippen LogP contribution in [0.4, 0.5) is 4.79 Å². The van der Waals surface area contributed by atoms with Crippen molar-refractivity contribution in [1.29, 1.82) is 0 Å². The van der Waals surface area contributed by atoms with Crippen LogP contribution in [0, 0.1) is 3.57 Å². The average molecular weight is 375 g/mol. The first kappa shape index (κ1) is 14.4. The van der Waals surface area contributed by atoms with E-state index in [-0.39, 0.29) is 12.1 Å². The quantitative estimate of drug-likeness (QED) is 0.763. The number of alkyl carbamates (subject to hydrolysis) is 1. The van der Waals surface area contributed by atoms with Crippen LogP contribution >= 0.6 is 22.6 Å². The predicted octanol–water partition coefficient (Wildman–Crippen LogP) is 3.64. The van der Waals surface area contributed by atoms with Gasteiger partial charge in [0.25, 0.3) is 0 Å². The molecule has 1 aliphatic rings. The van der Waals surface area contributed by atoms with Gasteiger partial charge in [-0.25, -0.2) is 4.79 Å². The zero-order chi connectivity index (χ0) is 14.0. The molecule has 4 nitrogen and oxygen atoms in total. The van der Waals surface area contributed by atoms with Crippen LogP contribution in [-0.2, 0) is 4.74 Å². The van der Waals surface area contributed by atoms with Crippen LogP contribution in [0.5, 0.6) is 5.75 Å². The molecule has 104 valence electrons. The van der Waals surface area contributed by atoms with Crippen LogP contribution < -0.4 is 10.1 Å². The lowest BCUT2D eigenvalue weighted by Crippen LogP contribution is -2.37. The Balaban J connectivity index is 2.14. The zero-order valence-electron chi connectivity index (χ0n) is 11.3. The van der Waals surface area contributed by atoms with E-state index in [2.05, 4.69) is 27.9 Å². The van der Waals surface area contributed by atoms with Gasteiger partial charge in [0.2, 0.25) is 0 Å². The monoisotopic (exact) mass is 375 g/mol. The molecule has 5 heteroatoms. The molecule has 0 radical (unpaired) electrons. The van der Waals surface area contributed by atoms with Gasteiger partial charge in [-0.05, 0) is 55.5 Å². The van der Waals surface area contributed by atoms with Gasteiger partial charge in [-0.15, -0.1) is 0 Å². The highest BCUT2D eigenvalue weighted by Gasteiger charge is 2.27. The molecule has 1 N–H and O–H groups in total. The zero-order valence-corrected chi connectivity index (χ0v) is 13.5. The number of benzene rings is 1. The van der Waals surface area contributed by atoms with Crippen LogP contribution in [0.3, 0.4) is 0 Å². The number of amides is 1. The third-order valence-electron chi connectivity index (χ3n) is 2.72. The van der Waals surface area contributed by atoms with Gasteiger partial charge >= 0.3 is 6.09 Å². The number of rotatable bonds is 1. The SMILES string of the molecule is CC(C)(C)OC(=O)N[C@H]1CCOc2cccc(I)c21. The topological polar surface area (TPSA) is 47.6 Å². The molecule has 1 heterocycles. The van der Waals surface area contributed by atoms with Gasteiger partial charge in [0.15, 0.2) is 0 Å². The molecule has 1 aromatic rings. The Labute approximate surface area is 127 Å². The highest BCUT2D eigenvalue weighted by atomic mass is 127. The Morgan fingerprint density at radius 3 is 2.89 bits per heavy atom. The van der Waals surface area contributed by atoms with E-state index in [1.165, 1.54) is 0 Å². The van der Waals surface area contributed by atoms with Crippen molar-refractivity contribution in [3.8, 4) is 5.75 Å². The van der Waals surface area contributed by atoms with Gasteiger partial charge in [-0.3, -0.25) is 0 Å². The van der Waals surface area contributed by atoms with E-state index in [0.29, 0.717) is 6.61 Å². The molecule has 0 unspecified atom stereocenters. The molecular weight excluding hydrogens is 357 g/mol. The van der Waals surface area contributed by atoms with Gasteiger partial charge in [0.05, 0.1) is 12.6 Å². The average Bonchev–Trinajstić information content (AvgIpc) is 2.26. The van der Waals surface area contributed by atoms with Crippen molar-refractivity contribution in [2.75, 3.05) is 6.61 Å². The molecule has 0 aliphatic carbocycles. The van der Waals surface area contributed by atoms with Crippen molar-refractivity contribution in [3.63, 3.8) is 0 Å². The second kappa shape index (κ2) is 5.56. The maximum absolute atomic E-state index is 11.9. The molecule has 1 amide bonds. The van der Waals surface area contributed by atoms with Crippen molar-refractivity contribution in [2.24, 2.45) is 0 Å². The summed E-state index contributed by atoms with van der Waals surface area (Å²) in [5.74, 6) is 0.846. The lowest BCUT2D eigenvalue weighted by atomic mass is 10.0. The third-order valence-corrected chi connectivity index (χ3v) is 3.66. The second-order valence-corrected chi connectivity index (χ2v) is 6.65. The Bertz CT molecular complexity index is 482. The fraction of sp³-hybridized carbons (Fsp3) is 0.500. The van der Waals surface area contributed by atoms with E-state index in [1.807, 2.05) is 39.0 Å². The van der Waals surface area contributed by atoms with Crippen molar-refractivity contribution < 1.29 is 14.3 Å². The smallest absolute Gasteiger partial charge is 0.408 e. The Morgan fingerprint density at radius 2 is 2.21 bits per heavy atom. The molecule has 0 saturated carbocycles. The maximum Gasteiger partial charge on any atom is 0.408 e. The van der Waals surface area contributed by atoms with Crippen molar-refractivity contribution in [2.45, 2.75) is 38.8 Å². The summed E-state index contributed by atoms with van der Waals surface area (Å²) in [5, 5.41) is 2.93. The standard InChI is InChI=1S/C14H18INO3/c1-14(2,3)19-13(17)16-10-7-8-18-11-6-4-5-9(15)12(10)11/h4-6,10H,7-8H2,1-3H3,(H,16,17)/t10-/m0/s1. The molecule has 0 fully saturated rings. The van der Waals surface area contributed by atoms with Gasteiger partial charge in [0.1, 0.15) is 11.4 Å². The van der Waals surface area contributed by atoms with Crippen LogP contribution in [0.25, 0.3) is 0 Å². The molecule has 2 rings (SSSR count). The summed E-state index contributed by atoms with van der Waals surface area (Å²) in [6, 6.07) is 5.85. The van der Waals surface area contributed by atoms with E-state index >= 15 is 0 Å². The minimum atomic E-state index is -0.484. The minimum absolute atomic E-state index is 0.0494. The Morgan fingerprint density at radius 1 is 1.47 bits per heavy atom. The molecule has 1 aromatic carbocycles. The fourth-order valence-corrected chi connectivity index (χ4v) is 2.86. The highest BCUT2D eigenvalue weighted by Crippen LogP contribution is 2.35. The summed E-state index contributed by atoms with van der Waals surface area (Å²) >= 11 is 2.26. The summed E-state index contributed by atoms with van der Waals surface area (Å²) in [5.41, 5.74) is 0.558. The molecule has 19 heavy (non-hydrogen) atoms. The normalized spacial score (nSPS) is 18.2. The van der Waals surface area contributed by atoms with Gasteiger partial charge in [0, 0.05) is 15.6 Å². The van der Waals surface area contributed by atoms with Crippen LogP contribution in [-0.4, -0.2) is 18.3 Å². The lowest BCUT2D eigenvalue weighted by molar-refractivity contribution is 0.0490. The van der Waals surface area contributed by atoms with Crippen molar-refractivity contribution in [3.05, 3.63) is 27.3 Å². The highest BCUT2D eigenvalue weighted by molar-refractivity contribution is 14.1. The third kappa shape index (κ3) is 3.75. The first-order valence-corrected chi connectivity index (χ1v) is 7.35. The summed E-state index contributed by atoms with van der Waals surface area (Å²) in [6.45, 7) is 6.17. The number of carbonyl (C=O) groups excluding carboxylic acids is 1. The molecule has 1 atom stereocenters. The van der Waals surface area contributed by atoms with Gasteiger partial charge < -0.3 is 14.8 Å². The summed E-state index contributed by atoms with van der Waals surface area (Å²) in [6.07, 6.45) is 0.372. The van der Waals surface area contributed by atoms with Gasteiger partial charge in [-0.1, -0.05) is 6.07 Å². The van der Waals surface area contributed by atoms with Crippen LogP contribution in [0.2, 0.25) is 0 Å². The summed E-state index contributed by atoms with van der Waals surface area (Å²) in [4.78, 5) is 11.9. The number of fused-ring (bicyclic) bond motifs is 1.